The Bertz CT molecular complexity index is 483. The number of para-hydroxylation sites is 1. The van der Waals surface area contributed by atoms with Gasteiger partial charge in [-0.05, 0) is 11.0 Å². The van der Waals surface area contributed by atoms with Crippen LogP contribution in [0.1, 0.15) is 31.9 Å². The molecule has 0 fully saturated rings. The molecule has 0 heterocycles. The van der Waals surface area contributed by atoms with Crippen molar-refractivity contribution in [2.75, 3.05) is 31.7 Å². The first-order valence-corrected chi connectivity index (χ1v) is 7.36. The molecule has 0 spiro atoms. The summed E-state index contributed by atoms with van der Waals surface area (Å²) in [6, 6.07) is 5.96. The number of benzene rings is 1. The van der Waals surface area contributed by atoms with Gasteiger partial charge < -0.3 is 9.47 Å². The van der Waals surface area contributed by atoms with Gasteiger partial charge in [0.2, 0.25) is 5.91 Å². The molecule has 0 bridgehead atoms. The number of anilines is 1. The lowest BCUT2D eigenvalue weighted by atomic mass is 9.84. The molecule has 1 amide bonds. The van der Waals surface area contributed by atoms with Crippen LogP contribution in [0.15, 0.2) is 18.2 Å². The number of hydrogen-bond acceptors (Lipinski definition) is 3. The van der Waals surface area contributed by atoms with Crippen molar-refractivity contribution in [3.05, 3.63) is 29.3 Å². The third-order valence-electron chi connectivity index (χ3n) is 3.17. The fourth-order valence-electron chi connectivity index (χ4n) is 2.25. The summed E-state index contributed by atoms with van der Waals surface area (Å²) in [4.78, 5) is 13.8. The van der Waals surface area contributed by atoms with Gasteiger partial charge in [-0.15, -0.1) is 11.6 Å². The number of rotatable bonds is 6. The molecular formula is C16H24ClNO3. The smallest absolute Gasteiger partial charge is 0.243 e. The van der Waals surface area contributed by atoms with Gasteiger partial charge in [-0.25, -0.2) is 0 Å². The number of amides is 1. The summed E-state index contributed by atoms with van der Waals surface area (Å²) >= 11 is 5.75. The second kappa shape index (κ2) is 7.78. The van der Waals surface area contributed by atoms with E-state index in [0.717, 1.165) is 16.8 Å². The molecule has 1 aromatic carbocycles. The minimum atomic E-state index is -0.187. The summed E-state index contributed by atoms with van der Waals surface area (Å²) < 4.78 is 10.5. The third-order valence-corrected chi connectivity index (χ3v) is 3.40. The molecule has 0 aliphatic heterocycles. The van der Waals surface area contributed by atoms with E-state index in [1.807, 2.05) is 18.2 Å². The van der Waals surface area contributed by atoms with E-state index >= 15 is 0 Å². The van der Waals surface area contributed by atoms with Crippen molar-refractivity contribution < 1.29 is 14.3 Å². The lowest BCUT2D eigenvalue weighted by Crippen LogP contribution is -2.36. The van der Waals surface area contributed by atoms with E-state index < -0.39 is 0 Å². The Morgan fingerprint density at radius 3 is 2.38 bits per heavy atom. The van der Waals surface area contributed by atoms with Crippen molar-refractivity contribution in [1.82, 2.24) is 0 Å². The van der Waals surface area contributed by atoms with Crippen LogP contribution in [0.2, 0.25) is 0 Å². The highest BCUT2D eigenvalue weighted by Crippen LogP contribution is 2.35. The number of hydrogen-bond donors (Lipinski definition) is 0. The quantitative estimate of drug-likeness (QED) is 0.597. The van der Waals surface area contributed by atoms with Crippen LogP contribution in [0, 0.1) is 0 Å². The zero-order valence-electron chi connectivity index (χ0n) is 13.4. The summed E-state index contributed by atoms with van der Waals surface area (Å²) in [5.74, 6) is -0.276. The molecule has 21 heavy (non-hydrogen) atoms. The van der Waals surface area contributed by atoms with Gasteiger partial charge in [0.15, 0.2) is 0 Å². The lowest BCUT2D eigenvalue weighted by molar-refractivity contribution is -0.117. The summed E-state index contributed by atoms with van der Waals surface area (Å²) in [5, 5.41) is 0. The topological polar surface area (TPSA) is 38.8 Å². The van der Waals surface area contributed by atoms with Gasteiger partial charge >= 0.3 is 0 Å². The Morgan fingerprint density at radius 1 is 1.24 bits per heavy atom. The molecule has 118 valence electrons. The number of carbonyl (C=O) groups is 1. The van der Waals surface area contributed by atoms with Gasteiger partial charge in [-0.3, -0.25) is 9.69 Å². The Kier molecular flexibility index (Phi) is 6.65. The average molecular weight is 314 g/mol. The molecule has 0 aliphatic rings. The van der Waals surface area contributed by atoms with Gasteiger partial charge in [0.1, 0.15) is 12.6 Å². The van der Waals surface area contributed by atoms with Crippen LogP contribution in [0.4, 0.5) is 5.69 Å². The van der Waals surface area contributed by atoms with E-state index in [1.54, 1.807) is 19.1 Å². The van der Waals surface area contributed by atoms with Gasteiger partial charge in [0, 0.05) is 19.8 Å². The molecular weight excluding hydrogens is 290 g/mol. The average Bonchev–Trinajstić information content (AvgIpc) is 2.43. The summed E-state index contributed by atoms with van der Waals surface area (Å²) in [6.07, 6.45) is 0. The zero-order chi connectivity index (χ0) is 16.0. The monoisotopic (exact) mass is 313 g/mol. The second-order valence-electron chi connectivity index (χ2n) is 5.87. The van der Waals surface area contributed by atoms with Crippen molar-refractivity contribution >= 4 is 23.2 Å². The van der Waals surface area contributed by atoms with Gasteiger partial charge in [-0.1, -0.05) is 39.0 Å². The van der Waals surface area contributed by atoms with Crippen LogP contribution in [-0.4, -0.2) is 32.7 Å². The summed E-state index contributed by atoms with van der Waals surface area (Å²) in [5.41, 5.74) is 2.73. The predicted molar refractivity (Wildman–Crippen MR) is 85.9 cm³/mol. The molecule has 0 radical (unpaired) electrons. The molecule has 0 saturated carbocycles. The van der Waals surface area contributed by atoms with E-state index in [-0.39, 0.29) is 23.9 Å². The summed E-state index contributed by atoms with van der Waals surface area (Å²) in [6.45, 7) is 6.92. The minimum absolute atomic E-state index is 0.0890. The molecule has 0 unspecified atom stereocenters. The Hall–Kier alpha value is -1.10. The molecule has 4 nitrogen and oxygen atoms in total. The molecule has 1 rings (SSSR count). The number of ether oxygens (including phenoxy) is 2. The maximum Gasteiger partial charge on any atom is 0.243 e. The van der Waals surface area contributed by atoms with Crippen LogP contribution in [0.3, 0.4) is 0 Å². The van der Waals surface area contributed by atoms with E-state index in [0.29, 0.717) is 6.61 Å². The van der Waals surface area contributed by atoms with Crippen molar-refractivity contribution in [3.8, 4) is 0 Å². The molecule has 0 saturated heterocycles. The van der Waals surface area contributed by atoms with Crippen LogP contribution in [-0.2, 0) is 26.3 Å². The Balaban J connectivity index is 3.49. The van der Waals surface area contributed by atoms with Crippen LogP contribution < -0.4 is 4.90 Å². The molecule has 0 aromatic heterocycles. The first kappa shape index (κ1) is 18.0. The number of methoxy groups -OCH3 is 2. The fraction of sp³-hybridized carbons (Fsp3) is 0.562. The predicted octanol–water partition coefficient (Wildman–Crippen LogP) is 3.31. The van der Waals surface area contributed by atoms with Crippen molar-refractivity contribution in [2.45, 2.75) is 32.8 Å². The lowest BCUT2D eigenvalue weighted by Gasteiger charge is -2.31. The van der Waals surface area contributed by atoms with Crippen molar-refractivity contribution in [2.24, 2.45) is 0 Å². The highest BCUT2D eigenvalue weighted by atomic mass is 35.5. The number of alkyl halides is 1. The molecule has 5 heteroatoms. The van der Waals surface area contributed by atoms with E-state index in [4.69, 9.17) is 21.1 Å². The third kappa shape index (κ3) is 4.43. The van der Waals surface area contributed by atoms with Crippen LogP contribution in [0.5, 0.6) is 0 Å². The van der Waals surface area contributed by atoms with E-state index in [1.165, 1.54) is 0 Å². The molecule has 0 N–H and O–H groups in total. The fourth-order valence-corrected chi connectivity index (χ4v) is 2.39. The van der Waals surface area contributed by atoms with E-state index in [9.17, 15) is 4.79 Å². The Labute approximate surface area is 132 Å². The van der Waals surface area contributed by atoms with E-state index in [2.05, 4.69) is 20.8 Å². The van der Waals surface area contributed by atoms with Crippen molar-refractivity contribution in [3.63, 3.8) is 0 Å². The maximum atomic E-state index is 12.2. The molecule has 0 atom stereocenters. The number of carbonyl (C=O) groups excluding carboxylic acids is 1. The van der Waals surface area contributed by atoms with Crippen LogP contribution in [0.25, 0.3) is 0 Å². The normalized spacial score (nSPS) is 11.5. The van der Waals surface area contributed by atoms with Gasteiger partial charge in [0.25, 0.3) is 0 Å². The highest BCUT2D eigenvalue weighted by Gasteiger charge is 2.26. The van der Waals surface area contributed by atoms with Gasteiger partial charge in [-0.2, -0.15) is 0 Å². The first-order chi connectivity index (χ1) is 9.86. The molecule has 0 aliphatic carbocycles. The highest BCUT2D eigenvalue weighted by molar-refractivity contribution is 6.29. The van der Waals surface area contributed by atoms with Crippen LogP contribution >= 0.6 is 11.6 Å². The summed E-state index contributed by atoms with van der Waals surface area (Å²) in [7, 11) is 3.20. The molecule has 1 aromatic rings. The largest absolute Gasteiger partial charge is 0.380 e. The minimum Gasteiger partial charge on any atom is -0.380 e. The first-order valence-electron chi connectivity index (χ1n) is 6.83. The maximum absolute atomic E-state index is 12.2. The zero-order valence-corrected chi connectivity index (χ0v) is 14.2. The second-order valence-corrected chi connectivity index (χ2v) is 6.14. The standard InChI is InChI=1S/C16H24ClNO3/c1-16(2,3)13-8-6-7-12(10-20-4)15(13)18(11-21-5)14(19)9-17/h6-8H,9-11H2,1-5H3. The Morgan fingerprint density at radius 2 is 1.90 bits per heavy atom. The number of nitrogens with zero attached hydrogens (tertiary/aromatic N) is 1. The van der Waals surface area contributed by atoms with Crippen molar-refractivity contribution in [1.29, 1.82) is 0 Å². The number of halogens is 1. The SMILES string of the molecule is COCc1cccc(C(C)(C)C)c1N(COC)C(=O)CCl. The van der Waals surface area contributed by atoms with Gasteiger partial charge in [0.05, 0.1) is 12.3 Å².